The van der Waals surface area contributed by atoms with Crippen LogP contribution >= 0.6 is 0 Å². The van der Waals surface area contributed by atoms with Gasteiger partial charge in [0, 0.05) is 13.0 Å². The molecule has 0 spiro atoms. The Balaban J connectivity index is 2.56. The predicted molar refractivity (Wildman–Crippen MR) is 44.0 cm³/mol. The molecular weight excluding hydrogens is 174 g/mol. The smallest absolute Gasteiger partial charge is 0.328 e. The molecule has 0 radical (unpaired) electrons. The second-order valence-corrected chi connectivity index (χ2v) is 3.26. The molecule has 5 nitrogen and oxygen atoms in total. The van der Waals surface area contributed by atoms with Gasteiger partial charge in [-0.2, -0.15) is 0 Å². The zero-order valence-corrected chi connectivity index (χ0v) is 7.43. The highest BCUT2D eigenvalue weighted by Gasteiger charge is 2.36. The lowest BCUT2D eigenvalue weighted by molar-refractivity contribution is -0.151. The third kappa shape index (κ3) is 2.18. The molecule has 1 aliphatic rings. The number of carbonyl (C=O) groups is 2. The van der Waals surface area contributed by atoms with Crippen LogP contribution in [0.1, 0.15) is 12.8 Å². The number of hydrogen-bond acceptors (Lipinski definition) is 3. The second kappa shape index (κ2) is 3.74. The molecule has 74 valence electrons. The molecule has 1 rings (SSSR count). The van der Waals surface area contributed by atoms with Crippen LogP contribution in [-0.2, 0) is 9.59 Å². The first-order chi connectivity index (χ1) is 6.07. The van der Waals surface area contributed by atoms with E-state index in [1.165, 1.54) is 7.05 Å². The molecule has 1 saturated carbocycles. The Kier molecular flexibility index (Phi) is 2.87. The highest BCUT2D eigenvalue weighted by atomic mass is 16.4. The molecule has 0 aromatic rings. The summed E-state index contributed by atoms with van der Waals surface area (Å²) in [6.07, 6.45) is 1.67. The average molecular weight is 187 g/mol. The van der Waals surface area contributed by atoms with Crippen molar-refractivity contribution in [1.82, 2.24) is 4.90 Å². The van der Waals surface area contributed by atoms with Gasteiger partial charge in [0.15, 0.2) is 6.04 Å². The van der Waals surface area contributed by atoms with Crippen molar-refractivity contribution < 1.29 is 19.8 Å². The number of aliphatic hydroxyl groups excluding tert-OH is 1. The Bertz CT molecular complexity index is 224. The summed E-state index contributed by atoms with van der Waals surface area (Å²) in [6, 6.07) is -1.10. The minimum absolute atomic E-state index is 0.0154. The summed E-state index contributed by atoms with van der Waals surface area (Å²) < 4.78 is 0. The van der Waals surface area contributed by atoms with Gasteiger partial charge in [-0.3, -0.25) is 4.79 Å². The molecule has 1 aliphatic carbocycles. The Morgan fingerprint density at radius 2 is 2.08 bits per heavy atom. The fourth-order valence-corrected chi connectivity index (χ4v) is 1.14. The van der Waals surface area contributed by atoms with Crippen LogP contribution in [0.25, 0.3) is 0 Å². The standard InChI is InChI=1S/C8H13NO4/c1-9(6(4-10)8(12)13)7(11)5-2-3-5/h5-6,10H,2-4H2,1H3,(H,12,13). The van der Waals surface area contributed by atoms with E-state index in [4.69, 9.17) is 10.2 Å². The van der Waals surface area contributed by atoms with Crippen molar-refractivity contribution in [2.45, 2.75) is 18.9 Å². The molecule has 0 aromatic heterocycles. The third-order valence-electron chi connectivity index (χ3n) is 2.20. The minimum Gasteiger partial charge on any atom is -0.480 e. The van der Waals surface area contributed by atoms with E-state index in [0.29, 0.717) is 0 Å². The van der Waals surface area contributed by atoms with Crippen LogP contribution < -0.4 is 0 Å². The van der Waals surface area contributed by atoms with Gasteiger partial charge in [-0.1, -0.05) is 0 Å². The van der Waals surface area contributed by atoms with E-state index in [1.807, 2.05) is 0 Å². The van der Waals surface area contributed by atoms with Gasteiger partial charge in [0.1, 0.15) is 0 Å². The van der Waals surface area contributed by atoms with Gasteiger partial charge < -0.3 is 15.1 Å². The maximum atomic E-state index is 11.4. The summed E-state index contributed by atoms with van der Waals surface area (Å²) in [7, 11) is 1.41. The number of aliphatic carboxylic acids is 1. The summed E-state index contributed by atoms with van der Waals surface area (Å²) in [5, 5.41) is 17.4. The molecule has 13 heavy (non-hydrogen) atoms. The SMILES string of the molecule is CN(C(=O)C1CC1)C(CO)C(=O)O. The average Bonchev–Trinajstić information content (AvgIpc) is 2.85. The molecular formula is C8H13NO4. The van der Waals surface area contributed by atoms with E-state index in [9.17, 15) is 9.59 Å². The molecule has 1 atom stereocenters. The fraction of sp³-hybridized carbons (Fsp3) is 0.750. The van der Waals surface area contributed by atoms with Crippen molar-refractivity contribution in [3.05, 3.63) is 0 Å². The number of amides is 1. The van der Waals surface area contributed by atoms with Gasteiger partial charge in [0.2, 0.25) is 5.91 Å². The van der Waals surface area contributed by atoms with Crippen LogP contribution in [0.15, 0.2) is 0 Å². The minimum atomic E-state index is -1.17. The van der Waals surface area contributed by atoms with E-state index in [2.05, 4.69) is 0 Å². The van der Waals surface area contributed by atoms with Crippen LogP contribution in [-0.4, -0.2) is 46.7 Å². The summed E-state index contributed by atoms with van der Waals surface area (Å²) in [4.78, 5) is 23.0. The normalized spacial score (nSPS) is 18.0. The topological polar surface area (TPSA) is 77.8 Å². The van der Waals surface area contributed by atoms with Gasteiger partial charge in [-0.15, -0.1) is 0 Å². The predicted octanol–water partition coefficient (Wildman–Crippen LogP) is -0.700. The molecule has 2 N–H and O–H groups in total. The molecule has 1 fully saturated rings. The van der Waals surface area contributed by atoms with Crippen LogP contribution in [0.5, 0.6) is 0 Å². The first kappa shape index (κ1) is 9.98. The number of carbonyl (C=O) groups excluding carboxylic acids is 1. The van der Waals surface area contributed by atoms with Gasteiger partial charge in [-0.05, 0) is 12.8 Å². The lowest BCUT2D eigenvalue weighted by Gasteiger charge is -2.22. The first-order valence-corrected chi connectivity index (χ1v) is 4.18. The lowest BCUT2D eigenvalue weighted by atomic mass is 10.2. The van der Waals surface area contributed by atoms with Crippen LogP contribution in [0, 0.1) is 5.92 Å². The van der Waals surface area contributed by atoms with Gasteiger partial charge in [0.05, 0.1) is 6.61 Å². The van der Waals surface area contributed by atoms with E-state index in [0.717, 1.165) is 17.7 Å². The van der Waals surface area contributed by atoms with Gasteiger partial charge in [-0.25, -0.2) is 4.79 Å². The molecule has 0 heterocycles. The number of aliphatic hydroxyl groups is 1. The fourth-order valence-electron chi connectivity index (χ4n) is 1.14. The lowest BCUT2D eigenvalue weighted by Crippen LogP contribution is -2.45. The number of rotatable bonds is 4. The van der Waals surface area contributed by atoms with Crippen molar-refractivity contribution in [3.8, 4) is 0 Å². The molecule has 1 unspecified atom stereocenters. The number of likely N-dealkylation sites (N-methyl/N-ethyl adjacent to an activating group) is 1. The molecule has 5 heteroatoms. The molecule has 1 amide bonds. The summed E-state index contributed by atoms with van der Waals surface area (Å²) in [6.45, 7) is -0.537. The van der Waals surface area contributed by atoms with Crippen molar-refractivity contribution >= 4 is 11.9 Å². The first-order valence-electron chi connectivity index (χ1n) is 4.18. The van der Waals surface area contributed by atoms with E-state index < -0.39 is 18.6 Å². The van der Waals surface area contributed by atoms with Crippen molar-refractivity contribution in [3.63, 3.8) is 0 Å². The van der Waals surface area contributed by atoms with Crippen LogP contribution in [0.2, 0.25) is 0 Å². The highest BCUT2D eigenvalue weighted by molar-refractivity contribution is 5.86. The Morgan fingerprint density at radius 1 is 1.54 bits per heavy atom. The van der Waals surface area contributed by atoms with Crippen LogP contribution in [0.4, 0.5) is 0 Å². The number of carboxylic acids is 1. The summed E-state index contributed by atoms with van der Waals surface area (Å²) in [5.41, 5.74) is 0. The monoisotopic (exact) mass is 187 g/mol. The van der Waals surface area contributed by atoms with Crippen molar-refractivity contribution in [2.24, 2.45) is 5.92 Å². The van der Waals surface area contributed by atoms with Gasteiger partial charge in [0.25, 0.3) is 0 Å². The summed E-state index contributed by atoms with van der Waals surface area (Å²) >= 11 is 0. The largest absolute Gasteiger partial charge is 0.480 e. The third-order valence-corrected chi connectivity index (χ3v) is 2.20. The number of hydrogen-bond donors (Lipinski definition) is 2. The maximum Gasteiger partial charge on any atom is 0.328 e. The Labute approximate surface area is 76.0 Å². The highest BCUT2D eigenvalue weighted by Crippen LogP contribution is 2.31. The Hall–Kier alpha value is -1.10. The quantitative estimate of drug-likeness (QED) is 0.610. The van der Waals surface area contributed by atoms with E-state index in [-0.39, 0.29) is 11.8 Å². The number of nitrogens with zero attached hydrogens (tertiary/aromatic N) is 1. The zero-order chi connectivity index (χ0) is 10.0. The summed E-state index contributed by atoms with van der Waals surface area (Å²) in [5.74, 6) is -1.36. The Morgan fingerprint density at radius 3 is 2.38 bits per heavy atom. The van der Waals surface area contributed by atoms with Gasteiger partial charge >= 0.3 is 5.97 Å². The van der Waals surface area contributed by atoms with Crippen LogP contribution in [0.3, 0.4) is 0 Å². The van der Waals surface area contributed by atoms with E-state index >= 15 is 0 Å². The second-order valence-electron chi connectivity index (χ2n) is 3.26. The van der Waals surface area contributed by atoms with E-state index in [1.54, 1.807) is 0 Å². The zero-order valence-electron chi connectivity index (χ0n) is 7.43. The number of carboxylic acid groups (broad SMARTS) is 1. The molecule has 0 bridgehead atoms. The molecule has 0 saturated heterocycles. The maximum absolute atomic E-state index is 11.4. The van der Waals surface area contributed by atoms with Crippen molar-refractivity contribution in [2.75, 3.05) is 13.7 Å². The molecule has 0 aliphatic heterocycles. The molecule has 0 aromatic carbocycles. The van der Waals surface area contributed by atoms with Crippen molar-refractivity contribution in [1.29, 1.82) is 0 Å².